The van der Waals surface area contributed by atoms with Gasteiger partial charge in [-0.25, -0.2) is 0 Å². The maximum atomic E-state index is 5.35. The highest BCUT2D eigenvalue weighted by molar-refractivity contribution is 9.10. The lowest BCUT2D eigenvalue weighted by Crippen LogP contribution is -1.90. The molecule has 2 aromatic rings. The van der Waals surface area contributed by atoms with Crippen LogP contribution in [0.25, 0.3) is 10.8 Å². The standard InChI is InChI=1S/C13H13BrO/c1-8-6-13(15-3)9(2)11-5-4-10(14)7-12(8)11/h4-7H,1-3H3. The van der Waals surface area contributed by atoms with Crippen LogP contribution in [0.3, 0.4) is 0 Å². The van der Waals surface area contributed by atoms with Crippen LogP contribution >= 0.6 is 15.9 Å². The summed E-state index contributed by atoms with van der Waals surface area (Å²) in [5.74, 6) is 0.960. The highest BCUT2D eigenvalue weighted by Crippen LogP contribution is 2.31. The first kappa shape index (κ1) is 10.5. The van der Waals surface area contributed by atoms with Crippen molar-refractivity contribution >= 4 is 26.7 Å². The SMILES string of the molecule is COc1cc(C)c2cc(Br)ccc2c1C. The van der Waals surface area contributed by atoms with Crippen molar-refractivity contribution in [1.29, 1.82) is 0 Å². The van der Waals surface area contributed by atoms with E-state index in [1.807, 2.05) is 0 Å². The molecule has 0 N–H and O–H groups in total. The number of halogens is 1. The third-order valence-electron chi connectivity index (χ3n) is 2.75. The molecule has 0 aliphatic heterocycles. The molecule has 0 aromatic heterocycles. The van der Waals surface area contributed by atoms with Gasteiger partial charge in [-0.1, -0.05) is 22.0 Å². The third kappa shape index (κ3) is 1.74. The summed E-state index contributed by atoms with van der Waals surface area (Å²) in [7, 11) is 1.71. The number of ether oxygens (including phenoxy) is 1. The van der Waals surface area contributed by atoms with Crippen molar-refractivity contribution < 1.29 is 4.74 Å². The number of benzene rings is 2. The number of rotatable bonds is 1. The second-order valence-corrected chi connectivity index (χ2v) is 4.63. The monoisotopic (exact) mass is 264 g/mol. The summed E-state index contributed by atoms with van der Waals surface area (Å²) in [6, 6.07) is 8.43. The fourth-order valence-electron chi connectivity index (χ4n) is 1.90. The smallest absolute Gasteiger partial charge is 0.122 e. The van der Waals surface area contributed by atoms with Crippen LogP contribution in [0, 0.1) is 13.8 Å². The molecule has 0 aliphatic rings. The maximum Gasteiger partial charge on any atom is 0.122 e. The zero-order valence-corrected chi connectivity index (χ0v) is 10.7. The van der Waals surface area contributed by atoms with Gasteiger partial charge < -0.3 is 4.74 Å². The molecule has 15 heavy (non-hydrogen) atoms. The normalized spacial score (nSPS) is 10.7. The zero-order valence-electron chi connectivity index (χ0n) is 9.10. The van der Waals surface area contributed by atoms with E-state index >= 15 is 0 Å². The van der Waals surface area contributed by atoms with Gasteiger partial charge in [-0.15, -0.1) is 0 Å². The Hall–Kier alpha value is -1.02. The average molecular weight is 265 g/mol. The van der Waals surface area contributed by atoms with Crippen molar-refractivity contribution in [1.82, 2.24) is 0 Å². The molecule has 0 heterocycles. The fourth-order valence-corrected chi connectivity index (χ4v) is 2.26. The molecule has 0 amide bonds. The molecule has 2 rings (SSSR count). The molecule has 2 heteroatoms. The van der Waals surface area contributed by atoms with Gasteiger partial charge >= 0.3 is 0 Å². The van der Waals surface area contributed by atoms with E-state index in [2.05, 4.69) is 54.0 Å². The molecule has 0 radical (unpaired) electrons. The van der Waals surface area contributed by atoms with Gasteiger partial charge in [0.15, 0.2) is 0 Å². The van der Waals surface area contributed by atoms with Crippen LogP contribution in [0.2, 0.25) is 0 Å². The van der Waals surface area contributed by atoms with Gasteiger partial charge in [-0.2, -0.15) is 0 Å². The number of aryl methyl sites for hydroxylation is 2. The summed E-state index contributed by atoms with van der Waals surface area (Å²) in [6.45, 7) is 4.20. The van der Waals surface area contributed by atoms with E-state index in [1.54, 1.807) is 7.11 Å². The fraction of sp³-hybridized carbons (Fsp3) is 0.231. The number of hydrogen-bond acceptors (Lipinski definition) is 1. The molecule has 0 spiro atoms. The lowest BCUT2D eigenvalue weighted by atomic mass is 10.0. The Morgan fingerprint density at radius 3 is 2.47 bits per heavy atom. The van der Waals surface area contributed by atoms with Crippen molar-refractivity contribution in [2.24, 2.45) is 0 Å². The van der Waals surface area contributed by atoms with Gasteiger partial charge in [0, 0.05) is 4.47 Å². The van der Waals surface area contributed by atoms with Gasteiger partial charge in [0.2, 0.25) is 0 Å². The van der Waals surface area contributed by atoms with Crippen LogP contribution in [0.5, 0.6) is 5.75 Å². The van der Waals surface area contributed by atoms with E-state index in [0.29, 0.717) is 0 Å². The summed E-state index contributed by atoms with van der Waals surface area (Å²) >= 11 is 3.50. The molecule has 0 aliphatic carbocycles. The van der Waals surface area contributed by atoms with Crippen LogP contribution in [-0.2, 0) is 0 Å². The molecule has 1 nitrogen and oxygen atoms in total. The highest BCUT2D eigenvalue weighted by atomic mass is 79.9. The molecule has 0 saturated carbocycles. The number of methoxy groups -OCH3 is 1. The minimum atomic E-state index is 0.960. The molecular weight excluding hydrogens is 252 g/mol. The van der Waals surface area contributed by atoms with Gasteiger partial charge in [0.1, 0.15) is 5.75 Å². The second kappa shape index (κ2) is 3.86. The predicted octanol–water partition coefficient (Wildman–Crippen LogP) is 4.23. The topological polar surface area (TPSA) is 9.23 Å². The second-order valence-electron chi connectivity index (χ2n) is 3.71. The van der Waals surface area contributed by atoms with Crippen molar-refractivity contribution in [3.8, 4) is 5.75 Å². The van der Waals surface area contributed by atoms with Gasteiger partial charge in [-0.3, -0.25) is 0 Å². The minimum absolute atomic E-state index is 0.960. The first-order chi connectivity index (χ1) is 7.13. The molecule has 0 fully saturated rings. The largest absolute Gasteiger partial charge is 0.496 e. The lowest BCUT2D eigenvalue weighted by Gasteiger charge is -2.11. The molecule has 0 bridgehead atoms. The maximum absolute atomic E-state index is 5.35. The summed E-state index contributed by atoms with van der Waals surface area (Å²) in [5, 5.41) is 2.54. The Morgan fingerprint density at radius 2 is 1.80 bits per heavy atom. The molecule has 0 atom stereocenters. The van der Waals surface area contributed by atoms with Crippen LogP contribution < -0.4 is 4.74 Å². The lowest BCUT2D eigenvalue weighted by molar-refractivity contribution is 0.412. The summed E-state index contributed by atoms with van der Waals surface area (Å²) in [6.07, 6.45) is 0. The van der Waals surface area contributed by atoms with E-state index in [9.17, 15) is 0 Å². The minimum Gasteiger partial charge on any atom is -0.496 e. The van der Waals surface area contributed by atoms with E-state index in [0.717, 1.165) is 10.2 Å². The Bertz CT molecular complexity index is 517. The van der Waals surface area contributed by atoms with Gasteiger partial charge in [0.05, 0.1) is 7.11 Å². The van der Waals surface area contributed by atoms with Gasteiger partial charge in [-0.05, 0) is 53.9 Å². The summed E-state index contributed by atoms with van der Waals surface area (Å²) in [4.78, 5) is 0. The number of fused-ring (bicyclic) bond motifs is 1. The van der Waals surface area contributed by atoms with E-state index in [1.165, 1.54) is 21.9 Å². The number of hydrogen-bond donors (Lipinski definition) is 0. The van der Waals surface area contributed by atoms with Crippen molar-refractivity contribution in [3.05, 3.63) is 39.9 Å². The molecular formula is C13H13BrO. The van der Waals surface area contributed by atoms with Crippen molar-refractivity contribution in [2.45, 2.75) is 13.8 Å². The van der Waals surface area contributed by atoms with Gasteiger partial charge in [0.25, 0.3) is 0 Å². The molecule has 78 valence electrons. The summed E-state index contributed by atoms with van der Waals surface area (Å²) in [5.41, 5.74) is 2.44. The molecule has 0 saturated heterocycles. The van der Waals surface area contributed by atoms with Crippen molar-refractivity contribution in [2.75, 3.05) is 7.11 Å². The molecule has 0 unspecified atom stereocenters. The quantitative estimate of drug-likeness (QED) is 0.749. The van der Waals surface area contributed by atoms with Crippen LogP contribution in [0.1, 0.15) is 11.1 Å². The van der Waals surface area contributed by atoms with E-state index < -0.39 is 0 Å². The Morgan fingerprint density at radius 1 is 1.07 bits per heavy atom. The summed E-state index contributed by atoms with van der Waals surface area (Å²) < 4.78 is 6.47. The molecule has 2 aromatic carbocycles. The Kier molecular flexibility index (Phi) is 2.70. The third-order valence-corrected chi connectivity index (χ3v) is 3.24. The van der Waals surface area contributed by atoms with Crippen LogP contribution in [0.4, 0.5) is 0 Å². The first-order valence-corrected chi connectivity index (χ1v) is 5.66. The average Bonchev–Trinajstić information content (AvgIpc) is 2.23. The van der Waals surface area contributed by atoms with E-state index in [-0.39, 0.29) is 0 Å². The van der Waals surface area contributed by atoms with Crippen LogP contribution in [0.15, 0.2) is 28.7 Å². The highest BCUT2D eigenvalue weighted by Gasteiger charge is 2.07. The van der Waals surface area contributed by atoms with E-state index in [4.69, 9.17) is 4.74 Å². The Balaban J connectivity index is 2.87. The van der Waals surface area contributed by atoms with Crippen molar-refractivity contribution in [3.63, 3.8) is 0 Å². The van der Waals surface area contributed by atoms with Crippen LogP contribution in [-0.4, -0.2) is 7.11 Å². The first-order valence-electron chi connectivity index (χ1n) is 4.87. The Labute approximate surface area is 98.2 Å². The predicted molar refractivity (Wildman–Crippen MR) is 67.7 cm³/mol. The zero-order chi connectivity index (χ0) is 11.0.